The zero-order valence-corrected chi connectivity index (χ0v) is 14.8. The first-order valence-corrected chi connectivity index (χ1v) is 8.80. The van der Waals surface area contributed by atoms with Crippen LogP contribution in [0.4, 0.5) is 14.5 Å². The van der Waals surface area contributed by atoms with Gasteiger partial charge in [-0.15, -0.1) is 11.3 Å². The molecule has 0 aliphatic carbocycles. The van der Waals surface area contributed by atoms with Crippen LogP contribution in [-0.2, 0) is 6.42 Å². The van der Waals surface area contributed by atoms with E-state index >= 15 is 0 Å². The minimum absolute atomic E-state index is 0.172. The number of nitrogen functional groups attached to an aromatic ring is 1. The second-order valence-electron chi connectivity index (χ2n) is 5.96. The maximum Gasteiger partial charge on any atom is 0.252 e. The summed E-state index contributed by atoms with van der Waals surface area (Å²) in [5.74, 6) is -2.91. The number of nitrogens with zero attached hydrogens (tertiary/aromatic N) is 1. The number of thiophene rings is 1. The highest BCUT2D eigenvalue weighted by molar-refractivity contribution is 7.09. The van der Waals surface area contributed by atoms with Crippen molar-refractivity contribution in [1.29, 1.82) is 0 Å². The highest BCUT2D eigenvalue weighted by atomic mass is 32.1. The summed E-state index contributed by atoms with van der Waals surface area (Å²) in [6, 6.07) is 7.50. The summed E-state index contributed by atoms with van der Waals surface area (Å²) >= 11 is 1.54. The number of carbonyl (C=O) groups excluding carboxylic acids is 1. The summed E-state index contributed by atoms with van der Waals surface area (Å²) in [5.41, 5.74) is 13.7. The van der Waals surface area contributed by atoms with Gasteiger partial charge in [-0.2, -0.15) is 0 Å². The van der Waals surface area contributed by atoms with Crippen molar-refractivity contribution in [2.75, 3.05) is 5.73 Å². The number of rotatable bonds is 5. The fourth-order valence-electron chi connectivity index (χ4n) is 2.87. The molecule has 2 heterocycles. The molecule has 0 fully saturated rings. The smallest absolute Gasteiger partial charge is 0.252 e. The van der Waals surface area contributed by atoms with E-state index in [4.69, 9.17) is 11.5 Å². The lowest BCUT2D eigenvalue weighted by Crippen LogP contribution is -2.19. The number of amides is 1. The van der Waals surface area contributed by atoms with Crippen LogP contribution in [0, 0.1) is 11.6 Å². The number of aromatic nitrogens is 1. The van der Waals surface area contributed by atoms with Gasteiger partial charge in [-0.1, -0.05) is 19.1 Å². The molecule has 3 aromatic rings. The number of hydrogen-bond acceptors (Lipinski definition) is 4. The second kappa shape index (κ2) is 7.21. The normalized spacial score (nSPS) is 12.1. The van der Waals surface area contributed by atoms with Gasteiger partial charge in [0.25, 0.3) is 5.91 Å². The molecule has 134 valence electrons. The van der Waals surface area contributed by atoms with Crippen molar-refractivity contribution in [3.63, 3.8) is 0 Å². The zero-order valence-electron chi connectivity index (χ0n) is 14.0. The Hall–Kier alpha value is -2.80. The Balaban J connectivity index is 2.04. The molecule has 0 bridgehead atoms. The topological polar surface area (TPSA) is 82.0 Å². The fourth-order valence-corrected chi connectivity index (χ4v) is 3.58. The standard InChI is InChI=1S/C19H17F2N3OS/c1-10(11-4-5-14(20)15(21)7-11)13-9-24-16(8-12-3-2-6-26-12)17(18(13)22)19(23)25/h2-7,9-10H,8H2,1H3,(H2,22,24)(H2,23,25). The SMILES string of the molecule is CC(c1ccc(F)c(F)c1)c1cnc(Cc2cccs2)c(C(N)=O)c1N. The van der Waals surface area contributed by atoms with Crippen LogP contribution in [0.3, 0.4) is 0 Å². The van der Waals surface area contributed by atoms with Crippen molar-refractivity contribution in [1.82, 2.24) is 4.98 Å². The lowest BCUT2D eigenvalue weighted by Gasteiger charge is -2.18. The number of anilines is 1. The van der Waals surface area contributed by atoms with E-state index in [0.29, 0.717) is 23.2 Å². The maximum atomic E-state index is 13.5. The molecule has 0 aliphatic heterocycles. The summed E-state index contributed by atoms with van der Waals surface area (Å²) < 4.78 is 26.7. The Kier molecular flexibility index (Phi) is 4.99. The summed E-state index contributed by atoms with van der Waals surface area (Å²) in [6.45, 7) is 1.78. The lowest BCUT2D eigenvalue weighted by atomic mass is 9.90. The van der Waals surface area contributed by atoms with Crippen molar-refractivity contribution in [2.24, 2.45) is 5.73 Å². The van der Waals surface area contributed by atoms with Crippen LogP contribution in [0.25, 0.3) is 0 Å². The molecule has 1 atom stereocenters. The van der Waals surface area contributed by atoms with E-state index in [1.807, 2.05) is 17.5 Å². The van der Waals surface area contributed by atoms with Crippen LogP contribution < -0.4 is 11.5 Å². The quantitative estimate of drug-likeness (QED) is 0.713. The average Bonchev–Trinajstić information content (AvgIpc) is 3.09. The van der Waals surface area contributed by atoms with Gasteiger partial charge in [-0.25, -0.2) is 8.78 Å². The van der Waals surface area contributed by atoms with Crippen LogP contribution in [-0.4, -0.2) is 10.9 Å². The third-order valence-corrected chi connectivity index (χ3v) is 5.18. The average molecular weight is 373 g/mol. The van der Waals surface area contributed by atoms with Crippen LogP contribution in [0.15, 0.2) is 41.9 Å². The summed E-state index contributed by atoms with van der Waals surface area (Å²) in [5, 5.41) is 1.93. The van der Waals surface area contributed by atoms with Crippen LogP contribution in [0.2, 0.25) is 0 Å². The van der Waals surface area contributed by atoms with Gasteiger partial charge in [0.1, 0.15) is 0 Å². The second-order valence-corrected chi connectivity index (χ2v) is 7.00. The first-order valence-electron chi connectivity index (χ1n) is 7.92. The number of carbonyl (C=O) groups is 1. The Morgan fingerprint density at radius 1 is 1.27 bits per heavy atom. The van der Waals surface area contributed by atoms with Gasteiger partial charge in [0.2, 0.25) is 0 Å². The first-order chi connectivity index (χ1) is 12.4. The summed E-state index contributed by atoms with van der Waals surface area (Å²) in [6.07, 6.45) is 2.01. The number of halogens is 2. The minimum atomic E-state index is -0.940. The van der Waals surface area contributed by atoms with E-state index in [1.54, 1.807) is 24.5 Å². The number of benzene rings is 1. The molecule has 2 aromatic heterocycles. The highest BCUT2D eigenvalue weighted by Crippen LogP contribution is 2.32. The van der Waals surface area contributed by atoms with E-state index in [0.717, 1.165) is 17.0 Å². The molecular weight excluding hydrogens is 356 g/mol. The molecule has 3 rings (SSSR count). The predicted molar refractivity (Wildman–Crippen MR) is 98.2 cm³/mol. The van der Waals surface area contributed by atoms with Crippen LogP contribution in [0.5, 0.6) is 0 Å². The van der Waals surface area contributed by atoms with E-state index in [-0.39, 0.29) is 17.2 Å². The van der Waals surface area contributed by atoms with Crippen molar-refractivity contribution < 1.29 is 13.6 Å². The van der Waals surface area contributed by atoms with Gasteiger partial charge in [0, 0.05) is 29.0 Å². The third kappa shape index (κ3) is 3.43. The minimum Gasteiger partial charge on any atom is -0.398 e. The molecular formula is C19H17F2N3OS. The predicted octanol–water partition coefficient (Wildman–Crippen LogP) is 3.85. The molecule has 0 saturated heterocycles. The lowest BCUT2D eigenvalue weighted by molar-refractivity contribution is 0.1000. The zero-order chi connectivity index (χ0) is 18.8. The Labute approximate surface area is 153 Å². The summed E-state index contributed by atoms with van der Waals surface area (Å²) in [7, 11) is 0. The molecule has 1 amide bonds. The van der Waals surface area contributed by atoms with Crippen molar-refractivity contribution in [3.8, 4) is 0 Å². The van der Waals surface area contributed by atoms with Crippen molar-refractivity contribution in [3.05, 3.63) is 80.8 Å². The molecule has 26 heavy (non-hydrogen) atoms. The Bertz CT molecular complexity index is 958. The number of nitrogens with two attached hydrogens (primary N) is 2. The summed E-state index contributed by atoms with van der Waals surface area (Å²) in [4.78, 5) is 17.4. The number of primary amides is 1. The molecule has 0 spiro atoms. The molecule has 0 aliphatic rings. The van der Waals surface area contributed by atoms with E-state index in [2.05, 4.69) is 4.98 Å². The first kappa shape index (κ1) is 18.0. The van der Waals surface area contributed by atoms with Gasteiger partial charge in [-0.05, 0) is 29.1 Å². The third-order valence-electron chi connectivity index (χ3n) is 4.31. The maximum absolute atomic E-state index is 13.5. The van der Waals surface area contributed by atoms with Crippen molar-refractivity contribution in [2.45, 2.75) is 19.3 Å². The van der Waals surface area contributed by atoms with Gasteiger partial charge < -0.3 is 11.5 Å². The molecule has 0 radical (unpaired) electrons. The van der Waals surface area contributed by atoms with Gasteiger partial charge in [-0.3, -0.25) is 9.78 Å². The number of hydrogen-bond donors (Lipinski definition) is 2. The molecule has 4 N–H and O–H groups in total. The Morgan fingerprint density at radius 2 is 2.04 bits per heavy atom. The molecule has 4 nitrogen and oxygen atoms in total. The molecule has 0 saturated carbocycles. The number of pyridine rings is 1. The monoisotopic (exact) mass is 373 g/mol. The highest BCUT2D eigenvalue weighted by Gasteiger charge is 2.22. The van der Waals surface area contributed by atoms with E-state index in [9.17, 15) is 13.6 Å². The van der Waals surface area contributed by atoms with Crippen molar-refractivity contribution >= 4 is 22.9 Å². The molecule has 7 heteroatoms. The molecule has 1 aromatic carbocycles. The van der Waals surface area contributed by atoms with Gasteiger partial charge >= 0.3 is 0 Å². The van der Waals surface area contributed by atoms with Crippen LogP contribution >= 0.6 is 11.3 Å². The molecule has 1 unspecified atom stereocenters. The van der Waals surface area contributed by atoms with E-state index in [1.165, 1.54) is 6.07 Å². The fraction of sp³-hybridized carbons (Fsp3) is 0.158. The Morgan fingerprint density at radius 3 is 2.65 bits per heavy atom. The van der Waals surface area contributed by atoms with Gasteiger partial charge in [0.05, 0.1) is 16.9 Å². The van der Waals surface area contributed by atoms with Gasteiger partial charge in [0.15, 0.2) is 11.6 Å². The largest absolute Gasteiger partial charge is 0.398 e. The van der Waals surface area contributed by atoms with Crippen LogP contribution in [0.1, 0.15) is 44.9 Å². The van der Waals surface area contributed by atoms with E-state index < -0.39 is 17.5 Å².